The van der Waals surface area contributed by atoms with Crippen LogP contribution >= 0.6 is 0 Å². The minimum atomic E-state index is -0.360. The van der Waals surface area contributed by atoms with Crippen LogP contribution in [0.4, 0.5) is 23.1 Å². The second-order valence-corrected chi connectivity index (χ2v) is 10.9. The second-order valence-electron chi connectivity index (χ2n) is 10.9. The Morgan fingerprint density at radius 3 is 2.61 bits per heavy atom. The van der Waals surface area contributed by atoms with E-state index >= 15 is 0 Å². The van der Waals surface area contributed by atoms with Gasteiger partial charge in [0, 0.05) is 25.0 Å². The van der Waals surface area contributed by atoms with Gasteiger partial charge in [-0.2, -0.15) is 0 Å². The number of ether oxygens (including phenoxy) is 1. The van der Waals surface area contributed by atoms with Gasteiger partial charge in [-0.1, -0.05) is 45.1 Å². The normalized spacial score (nSPS) is 12.3. The van der Waals surface area contributed by atoms with Gasteiger partial charge in [-0.25, -0.2) is 19.9 Å². The molecule has 218 valence electrons. The highest BCUT2D eigenvalue weighted by atomic mass is 16.5. The number of fused-ring (bicyclic) bond motifs is 1. The van der Waals surface area contributed by atoms with E-state index < -0.39 is 0 Å². The van der Waals surface area contributed by atoms with E-state index in [4.69, 9.17) is 9.72 Å². The molecule has 0 saturated heterocycles. The number of methoxy groups -OCH3 is 1. The van der Waals surface area contributed by atoms with Crippen molar-refractivity contribution in [1.82, 2.24) is 25.3 Å². The number of allylic oxidation sites excluding steroid dienone is 3. The molecule has 0 atom stereocenters. The summed E-state index contributed by atoms with van der Waals surface area (Å²) >= 11 is 0. The monoisotopic (exact) mass is 558 g/mol. The summed E-state index contributed by atoms with van der Waals surface area (Å²) in [4.78, 5) is 33.1. The maximum Gasteiger partial charge on any atom is 0.258 e. The van der Waals surface area contributed by atoms with Crippen LogP contribution in [0.25, 0.3) is 11.0 Å². The number of nitrogens with zero attached hydrogens (tertiary/aromatic N) is 5. The van der Waals surface area contributed by atoms with Crippen molar-refractivity contribution in [3.63, 3.8) is 0 Å². The molecule has 0 aliphatic rings. The third-order valence-electron chi connectivity index (χ3n) is 6.83. The van der Waals surface area contributed by atoms with Crippen LogP contribution in [-0.2, 0) is 9.53 Å². The molecule has 3 rings (SSSR count). The molecule has 1 aromatic carbocycles. The van der Waals surface area contributed by atoms with Crippen LogP contribution in [0.2, 0.25) is 0 Å². The summed E-state index contributed by atoms with van der Waals surface area (Å²) < 4.78 is 5.46. The topological polar surface area (TPSA) is 117 Å². The van der Waals surface area contributed by atoms with Gasteiger partial charge in [-0.05, 0) is 63.0 Å². The van der Waals surface area contributed by atoms with E-state index in [2.05, 4.69) is 58.3 Å². The number of nitrogens with one attached hydrogen (secondary N) is 3. The molecule has 41 heavy (non-hydrogen) atoms. The van der Waals surface area contributed by atoms with Crippen LogP contribution < -0.4 is 20.9 Å². The Hall–Kier alpha value is -4.31. The fourth-order valence-corrected chi connectivity index (χ4v) is 3.74. The molecule has 2 aromatic heterocycles. The van der Waals surface area contributed by atoms with Crippen LogP contribution in [0.1, 0.15) is 39.7 Å². The third kappa shape index (κ3) is 8.34. The van der Waals surface area contributed by atoms with Crippen molar-refractivity contribution < 1.29 is 9.53 Å². The Kier molecular flexibility index (Phi) is 10.5. The molecular weight excluding hydrogens is 516 g/mol. The molecular formula is C31H42N8O2. The zero-order valence-corrected chi connectivity index (χ0v) is 25.4. The molecule has 0 aliphatic carbocycles. The summed E-state index contributed by atoms with van der Waals surface area (Å²) in [5.41, 5.74) is 4.95. The number of carbonyl (C=O) groups excluding carboxylic acids is 1. The van der Waals surface area contributed by atoms with Crippen LogP contribution in [0.5, 0.6) is 0 Å². The number of benzene rings is 1. The Bertz CT molecular complexity index is 1460. The molecule has 0 spiro atoms. The van der Waals surface area contributed by atoms with Crippen LogP contribution in [0.15, 0.2) is 66.4 Å². The number of amides is 1. The Balaban J connectivity index is 1.82. The lowest BCUT2D eigenvalue weighted by Crippen LogP contribution is -2.24. The van der Waals surface area contributed by atoms with Crippen molar-refractivity contribution in [2.24, 2.45) is 5.41 Å². The zero-order chi connectivity index (χ0) is 30.2. The average molecular weight is 559 g/mol. The fourth-order valence-electron chi connectivity index (χ4n) is 3.74. The van der Waals surface area contributed by atoms with Gasteiger partial charge in [0.25, 0.3) is 5.91 Å². The maximum absolute atomic E-state index is 13.1. The first kappa shape index (κ1) is 31.2. The summed E-state index contributed by atoms with van der Waals surface area (Å²) in [6.07, 6.45) is 7.87. The van der Waals surface area contributed by atoms with E-state index in [9.17, 15) is 4.79 Å². The van der Waals surface area contributed by atoms with Crippen molar-refractivity contribution >= 4 is 40.1 Å². The highest BCUT2D eigenvalue weighted by Crippen LogP contribution is 2.28. The molecule has 2 heterocycles. The number of rotatable bonds is 12. The van der Waals surface area contributed by atoms with E-state index in [0.717, 1.165) is 36.3 Å². The van der Waals surface area contributed by atoms with Gasteiger partial charge in [0.15, 0.2) is 5.82 Å². The number of aromatic nitrogens is 4. The molecule has 0 saturated carbocycles. The van der Waals surface area contributed by atoms with Gasteiger partial charge >= 0.3 is 0 Å². The Morgan fingerprint density at radius 1 is 1.17 bits per heavy atom. The van der Waals surface area contributed by atoms with Gasteiger partial charge in [-0.15, -0.1) is 0 Å². The SMILES string of the molecule is C=C(C(=O)Nc1ccc(C)c(Nc2ncnc3cnc(N(C)CCCNC)nc23)c1)/C(=C\C=C(/C)C(C)(C)C)OC. The molecule has 0 unspecified atom stereocenters. The van der Waals surface area contributed by atoms with Crippen LogP contribution in [0.3, 0.4) is 0 Å². The van der Waals surface area contributed by atoms with Gasteiger partial charge < -0.3 is 25.6 Å². The van der Waals surface area contributed by atoms with Gasteiger partial charge in [0.1, 0.15) is 23.1 Å². The minimum Gasteiger partial charge on any atom is -0.496 e. The van der Waals surface area contributed by atoms with Gasteiger partial charge in [0.2, 0.25) is 5.95 Å². The fraction of sp³-hybridized carbons (Fsp3) is 0.387. The van der Waals surface area contributed by atoms with E-state index in [1.165, 1.54) is 13.4 Å². The second kappa shape index (κ2) is 13.8. The largest absolute Gasteiger partial charge is 0.496 e. The first-order chi connectivity index (χ1) is 19.4. The summed E-state index contributed by atoms with van der Waals surface area (Å²) in [6, 6.07) is 5.60. The van der Waals surface area contributed by atoms with Crippen molar-refractivity contribution in [3.05, 3.63) is 71.9 Å². The Labute approximate surface area is 243 Å². The lowest BCUT2D eigenvalue weighted by atomic mass is 9.87. The number of aryl methyl sites for hydroxylation is 1. The highest BCUT2D eigenvalue weighted by molar-refractivity contribution is 6.06. The molecule has 10 heteroatoms. The van der Waals surface area contributed by atoms with Crippen molar-refractivity contribution in [3.8, 4) is 0 Å². The number of hydrogen-bond donors (Lipinski definition) is 3. The lowest BCUT2D eigenvalue weighted by Gasteiger charge is -2.19. The van der Waals surface area contributed by atoms with Crippen molar-refractivity contribution in [1.29, 1.82) is 0 Å². The predicted molar refractivity (Wildman–Crippen MR) is 167 cm³/mol. The molecule has 0 bridgehead atoms. The average Bonchev–Trinajstić information content (AvgIpc) is 2.94. The van der Waals surface area contributed by atoms with Crippen molar-refractivity contribution in [2.75, 3.05) is 49.8 Å². The number of anilines is 4. The quantitative estimate of drug-likeness (QED) is 0.114. The summed E-state index contributed by atoms with van der Waals surface area (Å²) in [5.74, 6) is 1.18. The van der Waals surface area contributed by atoms with E-state index in [1.54, 1.807) is 12.3 Å². The smallest absolute Gasteiger partial charge is 0.258 e. The summed E-state index contributed by atoms with van der Waals surface area (Å²) in [7, 11) is 5.42. The molecule has 3 N–H and O–H groups in total. The summed E-state index contributed by atoms with van der Waals surface area (Å²) in [5, 5.41) is 9.44. The van der Waals surface area contributed by atoms with E-state index in [0.29, 0.717) is 34.2 Å². The number of carbonyl (C=O) groups is 1. The summed E-state index contributed by atoms with van der Waals surface area (Å²) in [6.45, 7) is 16.1. The van der Waals surface area contributed by atoms with Gasteiger partial charge in [-0.3, -0.25) is 4.79 Å². The van der Waals surface area contributed by atoms with E-state index in [1.807, 2.05) is 57.1 Å². The number of hydrogen-bond acceptors (Lipinski definition) is 9. The molecule has 0 radical (unpaired) electrons. The molecule has 1 amide bonds. The highest BCUT2D eigenvalue weighted by Gasteiger charge is 2.16. The van der Waals surface area contributed by atoms with Crippen molar-refractivity contribution in [2.45, 2.75) is 41.0 Å². The standard InChI is InChI=1S/C31H42N8O2/c1-20-11-13-23(36-29(40)22(3)26(41-9)14-12-21(2)31(4,5)6)17-24(20)37-28-27-25(34-19-35-28)18-33-30(38-27)39(8)16-10-15-32-7/h11-14,17-19,32H,3,10,15-16H2,1-2,4-9H3,(H,36,40)(H,34,35,37)/b21-12+,26-14+. The predicted octanol–water partition coefficient (Wildman–Crippen LogP) is 5.53. The first-order valence-electron chi connectivity index (χ1n) is 13.6. The van der Waals surface area contributed by atoms with Crippen LogP contribution in [-0.4, -0.2) is 60.1 Å². The Morgan fingerprint density at radius 2 is 1.93 bits per heavy atom. The first-order valence-corrected chi connectivity index (χ1v) is 13.6. The van der Waals surface area contributed by atoms with E-state index in [-0.39, 0.29) is 16.9 Å². The lowest BCUT2D eigenvalue weighted by molar-refractivity contribution is -0.112. The van der Waals surface area contributed by atoms with Crippen LogP contribution in [0, 0.1) is 12.3 Å². The van der Waals surface area contributed by atoms with Gasteiger partial charge in [0.05, 0.1) is 18.9 Å². The molecule has 3 aromatic rings. The maximum atomic E-state index is 13.1. The molecule has 0 aliphatic heterocycles. The molecule has 10 nitrogen and oxygen atoms in total. The molecule has 0 fully saturated rings. The minimum absolute atomic E-state index is 0.00904. The zero-order valence-electron chi connectivity index (χ0n) is 25.4. The third-order valence-corrected chi connectivity index (χ3v) is 6.83.